The maximum Gasteiger partial charge on any atom is 0.244 e. The second-order valence-corrected chi connectivity index (χ2v) is 5.33. The van der Waals surface area contributed by atoms with Crippen LogP contribution in [0, 0.1) is 11.8 Å². The third-order valence-electron chi connectivity index (χ3n) is 3.58. The van der Waals surface area contributed by atoms with Crippen molar-refractivity contribution in [3.8, 4) is 0 Å². The molecule has 0 aromatic rings. The molecule has 17 heavy (non-hydrogen) atoms. The molecule has 1 aliphatic heterocycles. The zero-order valence-electron chi connectivity index (χ0n) is 11.3. The summed E-state index contributed by atoms with van der Waals surface area (Å²) in [4.78, 5) is 24.8. The van der Waals surface area contributed by atoms with E-state index in [1.54, 1.807) is 6.92 Å². The van der Waals surface area contributed by atoms with Crippen molar-refractivity contribution >= 4 is 11.8 Å². The normalized spacial score (nSPS) is 19.2. The number of carbonyl (C=O) groups excluding carboxylic acids is 2. The van der Waals surface area contributed by atoms with Crippen LogP contribution in [-0.2, 0) is 9.59 Å². The molecule has 0 bridgehead atoms. The number of piperidine rings is 1. The average Bonchev–Trinajstić information content (AvgIpc) is 2.27. The fourth-order valence-electron chi connectivity index (χ4n) is 2.43. The highest BCUT2D eigenvalue weighted by molar-refractivity contribution is 5.86. The third kappa shape index (κ3) is 4.02. The van der Waals surface area contributed by atoms with E-state index in [0.717, 1.165) is 31.8 Å². The molecule has 2 amide bonds. The quantitative estimate of drug-likeness (QED) is 0.810. The molecule has 0 aromatic carbocycles. The standard InChI is InChI=1S/C13H24N2O2/c1-9(2)12-5-7-15(8-6-12)13(17)10(3)14-11(4)16/h9-10,12H,5-8H2,1-4H3,(H,14,16). The number of amides is 2. The van der Waals surface area contributed by atoms with Crippen LogP contribution in [0.4, 0.5) is 0 Å². The van der Waals surface area contributed by atoms with Gasteiger partial charge in [-0.3, -0.25) is 9.59 Å². The van der Waals surface area contributed by atoms with Crippen molar-refractivity contribution in [1.29, 1.82) is 0 Å². The van der Waals surface area contributed by atoms with E-state index in [1.165, 1.54) is 6.92 Å². The Hall–Kier alpha value is -1.06. The molecule has 1 fully saturated rings. The summed E-state index contributed by atoms with van der Waals surface area (Å²) in [7, 11) is 0. The Bertz CT molecular complexity index is 281. The highest BCUT2D eigenvalue weighted by Gasteiger charge is 2.27. The van der Waals surface area contributed by atoms with Gasteiger partial charge in [-0.05, 0) is 31.6 Å². The Balaban J connectivity index is 2.43. The summed E-state index contributed by atoms with van der Waals surface area (Å²) in [5, 5.41) is 2.64. The van der Waals surface area contributed by atoms with E-state index in [-0.39, 0.29) is 11.8 Å². The van der Waals surface area contributed by atoms with Crippen molar-refractivity contribution in [3.63, 3.8) is 0 Å². The molecule has 1 atom stereocenters. The van der Waals surface area contributed by atoms with E-state index in [4.69, 9.17) is 0 Å². The highest BCUT2D eigenvalue weighted by Crippen LogP contribution is 2.24. The number of likely N-dealkylation sites (tertiary alicyclic amines) is 1. The van der Waals surface area contributed by atoms with E-state index in [2.05, 4.69) is 19.2 Å². The van der Waals surface area contributed by atoms with Gasteiger partial charge in [0.2, 0.25) is 11.8 Å². The molecule has 0 aromatic heterocycles. The number of nitrogens with one attached hydrogen (secondary N) is 1. The summed E-state index contributed by atoms with van der Waals surface area (Å²) in [5.74, 6) is 1.32. The lowest BCUT2D eigenvalue weighted by Gasteiger charge is -2.35. The summed E-state index contributed by atoms with van der Waals surface area (Å²) in [6.07, 6.45) is 2.16. The molecule has 0 spiro atoms. The first-order chi connectivity index (χ1) is 7.91. The highest BCUT2D eigenvalue weighted by atomic mass is 16.2. The van der Waals surface area contributed by atoms with E-state index >= 15 is 0 Å². The van der Waals surface area contributed by atoms with Gasteiger partial charge >= 0.3 is 0 Å². The first kappa shape index (κ1) is 14.0. The van der Waals surface area contributed by atoms with Crippen molar-refractivity contribution in [1.82, 2.24) is 10.2 Å². The monoisotopic (exact) mass is 240 g/mol. The molecule has 0 radical (unpaired) electrons. The maximum atomic E-state index is 12.0. The Labute approximate surface area is 104 Å². The maximum absolute atomic E-state index is 12.0. The van der Waals surface area contributed by atoms with Crippen LogP contribution in [0.1, 0.15) is 40.5 Å². The Morgan fingerprint density at radius 2 is 1.71 bits per heavy atom. The molecular formula is C13H24N2O2. The van der Waals surface area contributed by atoms with Crippen LogP contribution < -0.4 is 5.32 Å². The van der Waals surface area contributed by atoms with Gasteiger partial charge in [-0.15, -0.1) is 0 Å². The van der Waals surface area contributed by atoms with Crippen LogP contribution in [0.5, 0.6) is 0 Å². The molecule has 98 valence electrons. The fourth-order valence-corrected chi connectivity index (χ4v) is 2.43. The topological polar surface area (TPSA) is 49.4 Å². The molecule has 1 N–H and O–H groups in total. The van der Waals surface area contributed by atoms with Crippen molar-refractivity contribution in [2.24, 2.45) is 11.8 Å². The predicted octanol–water partition coefficient (Wildman–Crippen LogP) is 1.41. The predicted molar refractivity (Wildman–Crippen MR) is 67.4 cm³/mol. The Morgan fingerprint density at radius 3 is 2.12 bits per heavy atom. The van der Waals surface area contributed by atoms with E-state index in [1.807, 2.05) is 4.90 Å². The lowest BCUT2D eigenvalue weighted by molar-refractivity contribution is -0.137. The Kier molecular flexibility index (Phi) is 4.97. The lowest BCUT2D eigenvalue weighted by Crippen LogP contribution is -2.49. The second-order valence-electron chi connectivity index (χ2n) is 5.33. The van der Waals surface area contributed by atoms with Gasteiger partial charge in [-0.2, -0.15) is 0 Å². The van der Waals surface area contributed by atoms with Gasteiger partial charge in [0.1, 0.15) is 6.04 Å². The molecule has 0 saturated carbocycles. The summed E-state index contributed by atoms with van der Waals surface area (Å²) in [6, 6.07) is -0.400. The van der Waals surface area contributed by atoms with E-state index in [9.17, 15) is 9.59 Å². The van der Waals surface area contributed by atoms with Gasteiger partial charge in [0.25, 0.3) is 0 Å². The molecule has 1 saturated heterocycles. The molecule has 4 nitrogen and oxygen atoms in total. The van der Waals surface area contributed by atoms with Crippen molar-refractivity contribution < 1.29 is 9.59 Å². The molecule has 1 rings (SSSR count). The molecule has 1 aliphatic rings. The number of nitrogens with zero attached hydrogens (tertiary/aromatic N) is 1. The van der Waals surface area contributed by atoms with Gasteiger partial charge in [0.05, 0.1) is 0 Å². The Morgan fingerprint density at radius 1 is 1.18 bits per heavy atom. The summed E-state index contributed by atoms with van der Waals surface area (Å²) in [6.45, 7) is 9.31. The van der Waals surface area contributed by atoms with E-state index < -0.39 is 6.04 Å². The van der Waals surface area contributed by atoms with Gasteiger partial charge in [-0.25, -0.2) is 0 Å². The minimum Gasteiger partial charge on any atom is -0.345 e. The average molecular weight is 240 g/mol. The number of carbonyl (C=O) groups is 2. The van der Waals surface area contributed by atoms with Crippen molar-refractivity contribution in [2.45, 2.75) is 46.6 Å². The van der Waals surface area contributed by atoms with Gasteiger partial charge in [0, 0.05) is 20.0 Å². The SMILES string of the molecule is CC(=O)NC(C)C(=O)N1CCC(C(C)C)CC1. The molecule has 4 heteroatoms. The number of rotatable bonds is 3. The van der Waals surface area contributed by atoms with Crippen LogP contribution in [0.15, 0.2) is 0 Å². The van der Waals surface area contributed by atoms with Crippen molar-refractivity contribution in [3.05, 3.63) is 0 Å². The largest absolute Gasteiger partial charge is 0.345 e. The first-order valence-electron chi connectivity index (χ1n) is 6.47. The number of hydrogen-bond donors (Lipinski definition) is 1. The second kappa shape index (κ2) is 6.03. The van der Waals surface area contributed by atoms with E-state index in [0.29, 0.717) is 5.92 Å². The summed E-state index contributed by atoms with van der Waals surface area (Å²) < 4.78 is 0. The van der Waals surface area contributed by atoms with Gasteiger partial charge in [-0.1, -0.05) is 13.8 Å². The lowest BCUT2D eigenvalue weighted by atomic mass is 9.86. The van der Waals surface area contributed by atoms with Gasteiger partial charge < -0.3 is 10.2 Å². The fraction of sp³-hybridized carbons (Fsp3) is 0.846. The minimum absolute atomic E-state index is 0.0439. The van der Waals surface area contributed by atoms with Crippen LogP contribution in [0.2, 0.25) is 0 Å². The molecular weight excluding hydrogens is 216 g/mol. The third-order valence-corrected chi connectivity index (χ3v) is 3.58. The zero-order valence-corrected chi connectivity index (χ0v) is 11.3. The van der Waals surface area contributed by atoms with Crippen molar-refractivity contribution in [2.75, 3.05) is 13.1 Å². The number of hydrogen-bond acceptors (Lipinski definition) is 2. The zero-order chi connectivity index (χ0) is 13.0. The van der Waals surface area contributed by atoms with Crippen LogP contribution in [-0.4, -0.2) is 35.8 Å². The molecule has 1 heterocycles. The van der Waals surface area contributed by atoms with Crippen LogP contribution in [0.3, 0.4) is 0 Å². The summed E-state index contributed by atoms with van der Waals surface area (Å²) in [5.41, 5.74) is 0. The summed E-state index contributed by atoms with van der Waals surface area (Å²) >= 11 is 0. The van der Waals surface area contributed by atoms with Gasteiger partial charge in [0.15, 0.2) is 0 Å². The molecule has 0 aliphatic carbocycles. The minimum atomic E-state index is -0.400. The van der Waals surface area contributed by atoms with Crippen LogP contribution >= 0.6 is 0 Å². The first-order valence-corrected chi connectivity index (χ1v) is 6.47. The van der Waals surface area contributed by atoms with Crippen LogP contribution in [0.25, 0.3) is 0 Å². The smallest absolute Gasteiger partial charge is 0.244 e. The molecule has 1 unspecified atom stereocenters.